The van der Waals surface area contributed by atoms with Gasteiger partial charge < -0.3 is 15.5 Å². The molecule has 2 aliphatic heterocycles. The summed E-state index contributed by atoms with van der Waals surface area (Å²) in [6.45, 7) is 4.37. The molecule has 1 unspecified atom stereocenters. The average Bonchev–Trinajstić information content (AvgIpc) is 3.17. The van der Waals surface area contributed by atoms with Crippen molar-refractivity contribution in [1.82, 2.24) is 20.5 Å². The van der Waals surface area contributed by atoms with Gasteiger partial charge in [-0.1, -0.05) is 19.9 Å². The average molecular weight is 521 g/mol. The molecule has 2 atom stereocenters. The molecule has 1 aromatic heterocycles. The fraction of sp³-hybridized carbons (Fsp3) is 0.462. The number of alkyl halides is 3. The molecule has 2 N–H and O–H groups in total. The Morgan fingerprint density at radius 3 is 2.49 bits per heavy atom. The number of hydrogen-bond acceptors (Lipinski definition) is 4. The Balaban J connectivity index is 1.48. The van der Waals surface area contributed by atoms with Crippen LogP contribution in [0, 0.1) is 17.2 Å². The van der Waals surface area contributed by atoms with Gasteiger partial charge in [0.1, 0.15) is 11.9 Å². The number of rotatable bonds is 5. The van der Waals surface area contributed by atoms with Crippen LogP contribution in [0.1, 0.15) is 54.1 Å². The number of nitrogens with one attached hydrogen (secondary N) is 2. The van der Waals surface area contributed by atoms with E-state index in [4.69, 9.17) is 0 Å². The molecule has 0 bridgehead atoms. The number of aromatic nitrogens is 1. The Hall–Kier alpha value is -3.50. The van der Waals surface area contributed by atoms with Gasteiger partial charge in [-0.05, 0) is 48.6 Å². The summed E-state index contributed by atoms with van der Waals surface area (Å²) in [5.74, 6) is -3.22. The number of carbonyl (C=O) groups is 3. The molecule has 37 heavy (non-hydrogen) atoms. The minimum Gasteiger partial charge on any atom is -0.355 e. The van der Waals surface area contributed by atoms with Gasteiger partial charge >= 0.3 is 6.18 Å². The van der Waals surface area contributed by atoms with Crippen LogP contribution in [0.2, 0.25) is 0 Å². The van der Waals surface area contributed by atoms with E-state index in [1.807, 2.05) is 12.1 Å². The maximum absolute atomic E-state index is 14.2. The number of piperidine rings is 1. The maximum atomic E-state index is 14.2. The van der Waals surface area contributed by atoms with E-state index in [1.165, 1.54) is 0 Å². The Morgan fingerprint density at radius 1 is 1.19 bits per heavy atom. The van der Waals surface area contributed by atoms with Crippen molar-refractivity contribution in [3.05, 3.63) is 65.2 Å². The lowest BCUT2D eigenvalue weighted by molar-refractivity contribution is -0.141. The number of likely N-dealkylation sites (tertiary alicyclic amines) is 1. The monoisotopic (exact) mass is 520 g/mol. The summed E-state index contributed by atoms with van der Waals surface area (Å²) >= 11 is 0. The molecule has 198 valence electrons. The van der Waals surface area contributed by atoms with Gasteiger partial charge in [0.2, 0.25) is 11.8 Å². The Morgan fingerprint density at radius 2 is 1.89 bits per heavy atom. The predicted octanol–water partition coefficient (Wildman–Crippen LogP) is 3.52. The second kappa shape index (κ2) is 10.1. The first kappa shape index (κ1) is 26.6. The third kappa shape index (κ3) is 5.17. The van der Waals surface area contributed by atoms with Crippen molar-refractivity contribution in [2.24, 2.45) is 11.3 Å². The third-order valence-electron chi connectivity index (χ3n) is 7.40. The van der Waals surface area contributed by atoms with E-state index in [0.29, 0.717) is 37.6 Å². The van der Waals surface area contributed by atoms with Crippen molar-refractivity contribution in [3.63, 3.8) is 0 Å². The van der Waals surface area contributed by atoms with E-state index in [-0.39, 0.29) is 24.9 Å². The Kier molecular flexibility index (Phi) is 7.25. The minimum atomic E-state index is -4.75. The van der Waals surface area contributed by atoms with Crippen molar-refractivity contribution in [2.75, 3.05) is 19.6 Å². The largest absolute Gasteiger partial charge is 0.416 e. The third-order valence-corrected chi connectivity index (χ3v) is 7.40. The van der Waals surface area contributed by atoms with Crippen LogP contribution in [0.25, 0.3) is 0 Å². The van der Waals surface area contributed by atoms with E-state index in [9.17, 15) is 31.9 Å². The van der Waals surface area contributed by atoms with E-state index < -0.39 is 52.3 Å². The van der Waals surface area contributed by atoms with Gasteiger partial charge in [0.15, 0.2) is 0 Å². The predicted molar refractivity (Wildman–Crippen MR) is 126 cm³/mol. The van der Waals surface area contributed by atoms with Gasteiger partial charge in [-0.2, -0.15) is 13.2 Å². The summed E-state index contributed by atoms with van der Waals surface area (Å²) in [4.78, 5) is 44.7. The smallest absolute Gasteiger partial charge is 0.355 e. The molecular weight excluding hydrogens is 492 g/mol. The highest BCUT2D eigenvalue weighted by molar-refractivity contribution is 5.98. The van der Waals surface area contributed by atoms with E-state index >= 15 is 0 Å². The molecule has 2 saturated heterocycles. The normalized spacial score (nSPS) is 20.1. The number of benzene rings is 1. The Bertz CT molecular complexity index is 1180. The van der Waals surface area contributed by atoms with Crippen LogP contribution in [-0.2, 0) is 15.8 Å². The van der Waals surface area contributed by atoms with Crippen molar-refractivity contribution >= 4 is 17.7 Å². The number of nitrogens with zero attached hydrogens (tertiary/aromatic N) is 2. The lowest BCUT2D eigenvalue weighted by Gasteiger charge is -2.42. The lowest BCUT2D eigenvalue weighted by Crippen LogP contribution is -2.55. The lowest BCUT2D eigenvalue weighted by atomic mass is 9.68. The second-order valence-electron chi connectivity index (χ2n) is 9.92. The first-order valence-corrected chi connectivity index (χ1v) is 12.1. The fourth-order valence-corrected chi connectivity index (χ4v) is 5.25. The number of hydrogen-bond donors (Lipinski definition) is 2. The molecule has 7 nitrogen and oxygen atoms in total. The van der Waals surface area contributed by atoms with Crippen LogP contribution in [0.5, 0.6) is 0 Å². The number of halogens is 4. The van der Waals surface area contributed by atoms with E-state index in [2.05, 4.69) is 15.6 Å². The highest BCUT2D eigenvalue weighted by atomic mass is 19.4. The van der Waals surface area contributed by atoms with E-state index in [0.717, 1.165) is 5.56 Å². The first-order chi connectivity index (χ1) is 17.4. The number of pyridine rings is 1. The molecule has 2 fully saturated rings. The molecule has 3 heterocycles. The van der Waals surface area contributed by atoms with Gasteiger partial charge in [-0.15, -0.1) is 0 Å². The summed E-state index contributed by atoms with van der Waals surface area (Å²) in [7, 11) is 0. The van der Waals surface area contributed by atoms with Gasteiger partial charge in [0.25, 0.3) is 5.91 Å². The quantitative estimate of drug-likeness (QED) is 0.591. The zero-order valence-electron chi connectivity index (χ0n) is 20.4. The van der Waals surface area contributed by atoms with Gasteiger partial charge in [0, 0.05) is 37.9 Å². The van der Waals surface area contributed by atoms with Gasteiger partial charge in [0.05, 0.1) is 16.5 Å². The molecule has 11 heteroatoms. The number of amides is 3. The SMILES string of the molecule is CC(C)[C@@H](NC(=O)c1cc(C(F)(F)F)ccc1F)C(=O)N1CCC2(CC1)C(=O)NCC2c1cccnc1. The van der Waals surface area contributed by atoms with Gasteiger partial charge in [-0.3, -0.25) is 19.4 Å². The molecule has 0 radical (unpaired) electrons. The molecular formula is C26H28F4N4O3. The molecule has 1 spiro atoms. The molecule has 0 saturated carbocycles. The van der Waals surface area contributed by atoms with Gasteiger partial charge in [-0.25, -0.2) is 4.39 Å². The molecule has 2 aliphatic rings. The summed E-state index contributed by atoms with van der Waals surface area (Å²) in [5, 5.41) is 5.36. The van der Waals surface area contributed by atoms with Crippen molar-refractivity contribution in [2.45, 2.75) is 44.8 Å². The zero-order chi connectivity index (χ0) is 27.0. The first-order valence-electron chi connectivity index (χ1n) is 12.1. The van der Waals surface area contributed by atoms with Crippen LogP contribution in [0.15, 0.2) is 42.7 Å². The highest BCUT2D eigenvalue weighted by Crippen LogP contribution is 2.47. The summed E-state index contributed by atoms with van der Waals surface area (Å²) in [6, 6.07) is 4.23. The highest BCUT2D eigenvalue weighted by Gasteiger charge is 2.52. The van der Waals surface area contributed by atoms with Crippen molar-refractivity contribution < 1.29 is 31.9 Å². The molecule has 0 aliphatic carbocycles. The summed E-state index contributed by atoms with van der Waals surface area (Å²) in [6.07, 6.45) is -0.537. The molecule has 4 rings (SSSR count). The molecule has 2 aromatic rings. The molecule has 3 amide bonds. The van der Waals surface area contributed by atoms with Crippen LogP contribution in [0.3, 0.4) is 0 Å². The zero-order valence-corrected chi connectivity index (χ0v) is 20.4. The molecule has 1 aromatic carbocycles. The van der Waals surface area contributed by atoms with Crippen LogP contribution in [0.4, 0.5) is 17.6 Å². The Labute approximate surface area is 211 Å². The van der Waals surface area contributed by atoms with Crippen molar-refractivity contribution in [3.8, 4) is 0 Å². The topological polar surface area (TPSA) is 91.4 Å². The maximum Gasteiger partial charge on any atom is 0.416 e. The van der Waals surface area contributed by atoms with E-state index in [1.54, 1.807) is 31.1 Å². The summed E-state index contributed by atoms with van der Waals surface area (Å²) in [5.41, 5.74) is -1.69. The fourth-order valence-electron chi connectivity index (χ4n) is 5.25. The minimum absolute atomic E-state index is 0.0674. The second-order valence-corrected chi connectivity index (χ2v) is 9.92. The van der Waals surface area contributed by atoms with Crippen LogP contribution >= 0.6 is 0 Å². The standard InChI is InChI=1S/C26H28F4N4O3/c1-15(2)21(33-22(35)18-12-17(26(28,29)30)5-6-20(18)27)23(36)34-10-7-25(8-11-34)19(14-32-24(25)37)16-4-3-9-31-13-16/h3-6,9,12-13,15,19,21H,7-8,10-11,14H2,1-2H3,(H,32,37)(H,33,35)/t19?,21-/m1/s1. The summed E-state index contributed by atoms with van der Waals surface area (Å²) < 4.78 is 53.4. The van der Waals surface area contributed by atoms with Crippen LogP contribution < -0.4 is 10.6 Å². The van der Waals surface area contributed by atoms with Crippen LogP contribution in [-0.4, -0.2) is 53.3 Å². The number of carbonyl (C=O) groups excluding carboxylic acids is 3. The van der Waals surface area contributed by atoms with Crippen molar-refractivity contribution in [1.29, 1.82) is 0 Å².